The van der Waals surface area contributed by atoms with Crippen LogP contribution in [0.5, 0.6) is 11.5 Å². The van der Waals surface area contributed by atoms with Crippen LogP contribution in [0.25, 0.3) is 17.0 Å². The molecule has 1 aliphatic rings. The molecule has 1 amide bonds. The molecule has 1 unspecified atom stereocenters. The van der Waals surface area contributed by atoms with Crippen molar-refractivity contribution in [1.82, 2.24) is 29.7 Å². The van der Waals surface area contributed by atoms with Gasteiger partial charge in [0.05, 0.1) is 30.1 Å². The Hall–Kier alpha value is -3.60. The van der Waals surface area contributed by atoms with Gasteiger partial charge in [0.25, 0.3) is 0 Å². The zero-order chi connectivity index (χ0) is 20.8. The third-order valence-corrected chi connectivity index (χ3v) is 6.19. The summed E-state index contributed by atoms with van der Waals surface area (Å²) in [6, 6.07) is 5.25. The average molecular weight is 423 g/mol. The summed E-state index contributed by atoms with van der Waals surface area (Å²) in [6.07, 6.45) is 2.95. The van der Waals surface area contributed by atoms with E-state index in [1.165, 1.54) is 31.5 Å². The summed E-state index contributed by atoms with van der Waals surface area (Å²) in [5, 5.41) is 17.7. The Bertz CT molecular complexity index is 1280. The molecule has 3 N–H and O–H groups in total. The molecule has 3 aromatic heterocycles. The van der Waals surface area contributed by atoms with Crippen LogP contribution in [-0.4, -0.2) is 53.6 Å². The van der Waals surface area contributed by atoms with Gasteiger partial charge in [0.15, 0.2) is 23.0 Å². The number of aromatic amines is 1. The van der Waals surface area contributed by atoms with Crippen molar-refractivity contribution in [2.24, 2.45) is 0 Å². The Morgan fingerprint density at radius 1 is 1.30 bits per heavy atom. The fourth-order valence-electron chi connectivity index (χ4n) is 3.58. The summed E-state index contributed by atoms with van der Waals surface area (Å²) in [6.45, 7) is 1.88. The van der Waals surface area contributed by atoms with Crippen molar-refractivity contribution in [2.45, 2.75) is 12.2 Å². The van der Waals surface area contributed by atoms with Crippen molar-refractivity contribution in [3.63, 3.8) is 0 Å². The summed E-state index contributed by atoms with van der Waals surface area (Å²) in [7, 11) is 1.50. The number of imidazole rings is 1. The summed E-state index contributed by atoms with van der Waals surface area (Å²) in [5.41, 5.74) is 3.56. The number of anilines is 1. The summed E-state index contributed by atoms with van der Waals surface area (Å²) < 4.78 is 6.76. The molecule has 0 aliphatic carbocycles. The van der Waals surface area contributed by atoms with E-state index in [9.17, 15) is 9.90 Å². The first-order chi connectivity index (χ1) is 14.6. The molecular weight excluding hydrogens is 406 g/mol. The second-order valence-corrected chi connectivity index (χ2v) is 7.82. The van der Waals surface area contributed by atoms with E-state index in [0.717, 1.165) is 16.8 Å². The Morgan fingerprint density at radius 3 is 2.97 bits per heavy atom. The van der Waals surface area contributed by atoms with Crippen LogP contribution in [-0.2, 0) is 4.79 Å². The van der Waals surface area contributed by atoms with Crippen LogP contribution in [0, 0.1) is 6.92 Å². The lowest BCUT2D eigenvalue weighted by atomic mass is 10.0. The maximum atomic E-state index is 12.5. The third-order valence-electron chi connectivity index (χ3n) is 4.92. The van der Waals surface area contributed by atoms with Gasteiger partial charge >= 0.3 is 0 Å². The number of benzene rings is 1. The molecule has 5 rings (SSSR count). The molecule has 11 heteroatoms. The van der Waals surface area contributed by atoms with Gasteiger partial charge in [-0.15, -0.1) is 11.8 Å². The first-order valence-corrected chi connectivity index (χ1v) is 10.1. The van der Waals surface area contributed by atoms with E-state index < -0.39 is 0 Å². The first-order valence-electron chi connectivity index (χ1n) is 9.09. The molecule has 152 valence electrons. The van der Waals surface area contributed by atoms with Crippen LogP contribution >= 0.6 is 11.8 Å². The molecule has 0 saturated carbocycles. The number of methoxy groups -OCH3 is 1. The van der Waals surface area contributed by atoms with Gasteiger partial charge in [-0.1, -0.05) is 6.07 Å². The first kappa shape index (κ1) is 18.4. The van der Waals surface area contributed by atoms with Crippen LogP contribution in [0.3, 0.4) is 0 Å². The number of thioether (sulfide) groups is 1. The Morgan fingerprint density at radius 2 is 2.17 bits per heavy atom. The number of phenols is 1. The number of nitrogens with one attached hydrogen (secondary N) is 2. The molecule has 1 atom stereocenters. The molecule has 30 heavy (non-hydrogen) atoms. The average Bonchev–Trinajstić information content (AvgIpc) is 3.29. The number of amides is 1. The quantitative estimate of drug-likeness (QED) is 0.458. The predicted molar refractivity (Wildman–Crippen MR) is 111 cm³/mol. The highest BCUT2D eigenvalue weighted by Crippen LogP contribution is 2.45. The van der Waals surface area contributed by atoms with Gasteiger partial charge in [0.2, 0.25) is 5.91 Å². The highest BCUT2D eigenvalue weighted by molar-refractivity contribution is 8.00. The number of hydrogen-bond donors (Lipinski definition) is 3. The lowest BCUT2D eigenvalue weighted by Crippen LogP contribution is -2.16. The fourth-order valence-corrected chi connectivity index (χ4v) is 4.76. The van der Waals surface area contributed by atoms with Crippen molar-refractivity contribution in [1.29, 1.82) is 0 Å². The number of ether oxygens (including phenoxy) is 1. The van der Waals surface area contributed by atoms with E-state index in [1.807, 2.05) is 13.0 Å². The molecule has 0 spiro atoms. The predicted octanol–water partition coefficient (Wildman–Crippen LogP) is 2.34. The van der Waals surface area contributed by atoms with E-state index in [4.69, 9.17) is 4.74 Å². The van der Waals surface area contributed by atoms with Crippen molar-refractivity contribution in [2.75, 3.05) is 18.2 Å². The second-order valence-electron chi connectivity index (χ2n) is 6.73. The number of phenolic OH excluding ortho intramolecular Hbond substituents is 1. The van der Waals surface area contributed by atoms with Crippen LogP contribution < -0.4 is 10.1 Å². The highest BCUT2D eigenvalue weighted by atomic mass is 32.2. The topological polar surface area (TPSA) is 131 Å². The zero-order valence-electron chi connectivity index (χ0n) is 16.1. The van der Waals surface area contributed by atoms with Gasteiger partial charge in [-0.05, 0) is 24.6 Å². The van der Waals surface area contributed by atoms with Gasteiger partial charge in [0.1, 0.15) is 17.7 Å². The lowest BCUT2D eigenvalue weighted by Gasteiger charge is -2.16. The van der Waals surface area contributed by atoms with E-state index in [1.54, 1.807) is 16.8 Å². The molecule has 4 heterocycles. The van der Waals surface area contributed by atoms with E-state index in [-0.39, 0.29) is 22.7 Å². The van der Waals surface area contributed by atoms with Crippen LogP contribution in [0.2, 0.25) is 0 Å². The van der Waals surface area contributed by atoms with Gasteiger partial charge in [-0.25, -0.2) is 15.0 Å². The van der Waals surface area contributed by atoms with E-state index in [0.29, 0.717) is 28.5 Å². The summed E-state index contributed by atoms with van der Waals surface area (Å²) in [4.78, 5) is 28.2. The standard InChI is InChI=1S/C19H17N7O3S/c1-9-14-16(10-3-4-12(29-2)11(27)5-10)30-6-13(28)24-18(14)26(25-9)19-15-17(21-7-20-15)22-8-23-19/h3-5,7-8,16,27H,6H2,1-2H3,(H,24,28)(H,20,21,22,23). The monoisotopic (exact) mass is 423 g/mol. The number of aromatic nitrogens is 6. The number of hydrogen-bond acceptors (Lipinski definition) is 8. The molecular formula is C19H17N7O3S. The molecule has 0 radical (unpaired) electrons. The highest BCUT2D eigenvalue weighted by Gasteiger charge is 2.32. The largest absolute Gasteiger partial charge is 0.504 e. The maximum absolute atomic E-state index is 12.5. The number of nitrogens with zero attached hydrogens (tertiary/aromatic N) is 5. The van der Waals surface area contributed by atoms with Crippen molar-refractivity contribution >= 4 is 34.7 Å². The van der Waals surface area contributed by atoms with Crippen molar-refractivity contribution in [3.05, 3.63) is 47.7 Å². The smallest absolute Gasteiger partial charge is 0.235 e. The van der Waals surface area contributed by atoms with Gasteiger partial charge in [0, 0.05) is 5.56 Å². The number of fused-ring (bicyclic) bond motifs is 2. The third kappa shape index (κ3) is 2.86. The molecule has 1 aromatic carbocycles. The molecule has 0 bridgehead atoms. The van der Waals surface area contributed by atoms with Gasteiger partial charge < -0.3 is 20.1 Å². The Kier molecular flexibility index (Phi) is 4.31. The molecule has 4 aromatic rings. The van der Waals surface area contributed by atoms with Gasteiger partial charge in [-0.2, -0.15) is 9.78 Å². The number of rotatable bonds is 3. The van der Waals surface area contributed by atoms with Crippen molar-refractivity contribution in [3.8, 4) is 17.3 Å². The Labute approximate surface area is 174 Å². The lowest BCUT2D eigenvalue weighted by molar-refractivity contribution is -0.113. The summed E-state index contributed by atoms with van der Waals surface area (Å²) in [5.74, 6) is 1.58. The molecule has 1 aliphatic heterocycles. The minimum atomic E-state index is -0.219. The van der Waals surface area contributed by atoms with Crippen LogP contribution in [0.15, 0.2) is 30.9 Å². The molecule has 0 fully saturated rings. The number of aromatic hydroxyl groups is 1. The molecule has 0 saturated heterocycles. The number of H-pyrrole nitrogens is 1. The normalized spacial score (nSPS) is 16.2. The number of aryl methyl sites for hydroxylation is 1. The number of carbonyl (C=O) groups excluding carboxylic acids is 1. The maximum Gasteiger partial charge on any atom is 0.235 e. The minimum Gasteiger partial charge on any atom is -0.504 e. The summed E-state index contributed by atoms with van der Waals surface area (Å²) >= 11 is 1.47. The second kappa shape index (κ2) is 7.02. The fraction of sp³-hybridized carbons (Fsp3) is 0.211. The number of carbonyl (C=O) groups is 1. The SMILES string of the molecule is COc1ccc(C2SCC(=O)Nc3c2c(C)nn3-c2ncnc3nc[nH]c23)cc1O. The van der Waals surface area contributed by atoms with Crippen molar-refractivity contribution < 1.29 is 14.6 Å². The van der Waals surface area contributed by atoms with Gasteiger partial charge in [-0.3, -0.25) is 4.79 Å². The van der Waals surface area contributed by atoms with Crippen LogP contribution in [0.4, 0.5) is 5.82 Å². The van der Waals surface area contributed by atoms with E-state index >= 15 is 0 Å². The van der Waals surface area contributed by atoms with E-state index in [2.05, 4.69) is 30.4 Å². The zero-order valence-corrected chi connectivity index (χ0v) is 16.9. The Balaban J connectivity index is 1.70. The van der Waals surface area contributed by atoms with Crippen LogP contribution in [0.1, 0.15) is 22.1 Å². The molecule has 10 nitrogen and oxygen atoms in total. The minimum absolute atomic E-state index is 0.0423.